The molecule has 1 aliphatic heterocycles. The summed E-state index contributed by atoms with van der Waals surface area (Å²) in [5.74, 6) is -0.956. The molecule has 6 heteroatoms. The lowest BCUT2D eigenvalue weighted by Crippen LogP contribution is -2.26. The summed E-state index contributed by atoms with van der Waals surface area (Å²) in [6, 6.07) is 1.45. The second-order valence-corrected chi connectivity index (χ2v) is 4.05. The van der Waals surface area contributed by atoms with Crippen molar-refractivity contribution >= 4 is 17.6 Å². The number of aromatic nitrogens is 1. The summed E-state index contributed by atoms with van der Waals surface area (Å²) in [4.78, 5) is 27.9. The van der Waals surface area contributed by atoms with Crippen LogP contribution in [0.1, 0.15) is 16.8 Å². The van der Waals surface area contributed by atoms with Gasteiger partial charge in [0.1, 0.15) is 0 Å². The first-order valence-corrected chi connectivity index (χ1v) is 5.30. The van der Waals surface area contributed by atoms with Crippen molar-refractivity contribution in [3.63, 3.8) is 0 Å². The van der Waals surface area contributed by atoms with Gasteiger partial charge in [0.15, 0.2) is 0 Å². The number of aromatic carboxylic acids is 1. The summed E-state index contributed by atoms with van der Waals surface area (Å²) in [7, 11) is 0. The van der Waals surface area contributed by atoms with Crippen molar-refractivity contribution in [2.45, 2.75) is 6.42 Å². The predicted molar refractivity (Wildman–Crippen MR) is 60.7 cm³/mol. The van der Waals surface area contributed by atoms with Gasteiger partial charge in [-0.2, -0.15) is 0 Å². The highest BCUT2D eigenvalue weighted by atomic mass is 16.4. The summed E-state index contributed by atoms with van der Waals surface area (Å²) < 4.78 is 0. The molecule has 1 aromatic rings. The zero-order chi connectivity index (χ0) is 12.4. The molecule has 0 aromatic carbocycles. The van der Waals surface area contributed by atoms with Crippen LogP contribution in [-0.4, -0.2) is 35.1 Å². The average molecular weight is 235 g/mol. The summed E-state index contributed by atoms with van der Waals surface area (Å²) in [5, 5.41) is 8.85. The predicted octanol–water partition coefficient (Wildman–Crippen LogP) is 0.0914. The van der Waals surface area contributed by atoms with Gasteiger partial charge in [-0.05, 0) is 18.5 Å². The van der Waals surface area contributed by atoms with Gasteiger partial charge in [-0.15, -0.1) is 0 Å². The number of pyridine rings is 1. The number of nitrogens with two attached hydrogens (primary N) is 1. The zero-order valence-electron chi connectivity index (χ0n) is 9.17. The molecule has 1 aliphatic rings. The molecule has 1 unspecified atom stereocenters. The maximum absolute atomic E-state index is 11.7. The number of carboxylic acids is 1. The lowest BCUT2D eigenvalue weighted by Gasteiger charge is -2.16. The molecule has 0 aliphatic carbocycles. The van der Waals surface area contributed by atoms with Crippen LogP contribution in [0.3, 0.4) is 0 Å². The van der Waals surface area contributed by atoms with E-state index in [1.807, 2.05) is 0 Å². The van der Waals surface area contributed by atoms with E-state index in [4.69, 9.17) is 10.8 Å². The molecule has 1 fully saturated rings. The van der Waals surface area contributed by atoms with Crippen molar-refractivity contribution in [3.8, 4) is 0 Å². The molecule has 90 valence electrons. The smallest absolute Gasteiger partial charge is 0.337 e. The Morgan fingerprint density at radius 2 is 2.35 bits per heavy atom. The van der Waals surface area contributed by atoms with Crippen LogP contribution in [0.5, 0.6) is 0 Å². The number of carboxylic acid groups (broad SMARTS) is 1. The van der Waals surface area contributed by atoms with Crippen molar-refractivity contribution in [1.29, 1.82) is 0 Å². The first kappa shape index (κ1) is 11.5. The van der Waals surface area contributed by atoms with Gasteiger partial charge in [0.05, 0.1) is 17.4 Å². The van der Waals surface area contributed by atoms with Crippen LogP contribution in [-0.2, 0) is 4.79 Å². The fourth-order valence-corrected chi connectivity index (χ4v) is 1.88. The van der Waals surface area contributed by atoms with E-state index in [1.54, 1.807) is 0 Å². The van der Waals surface area contributed by atoms with Gasteiger partial charge in [-0.3, -0.25) is 9.78 Å². The number of anilines is 1. The first-order valence-electron chi connectivity index (χ1n) is 5.30. The minimum atomic E-state index is -1.05. The topological polar surface area (TPSA) is 96.5 Å². The number of carbonyl (C=O) groups is 2. The van der Waals surface area contributed by atoms with Crippen molar-refractivity contribution in [2.75, 3.05) is 18.0 Å². The molecule has 3 N–H and O–H groups in total. The van der Waals surface area contributed by atoms with Crippen LogP contribution >= 0.6 is 0 Å². The van der Waals surface area contributed by atoms with Crippen molar-refractivity contribution in [2.24, 2.45) is 11.7 Å². The van der Waals surface area contributed by atoms with E-state index >= 15 is 0 Å². The summed E-state index contributed by atoms with van der Waals surface area (Å²) >= 11 is 0. The lowest BCUT2D eigenvalue weighted by molar-refractivity contribution is -0.117. The quantitative estimate of drug-likeness (QED) is 0.774. The monoisotopic (exact) mass is 235 g/mol. The molecule has 2 heterocycles. The van der Waals surface area contributed by atoms with E-state index in [9.17, 15) is 9.59 Å². The van der Waals surface area contributed by atoms with Gasteiger partial charge in [0.25, 0.3) is 0 Å². The Morgan fingerprint density at radius 3 is 2.94 bits per heavy atom. The third kappa shape index (κ3) is 2.26. The second-order valence-electron chi connectivity index (χ2n) is 4.05. The highest BCUT2D eigenvalue weighted by Gasteiger charge is 2.30. The fraction of sp³-hybridized carbons (Fsp3) is 0.364. The lowest BCUT2D eigenvalue weighted by atomic mass is 10.1. The SMILES string of the molecule is NCC1CC(=O)N(c2cncc(C(=O)O)c2)C1. The Labute approximate surface area is 98.1 Å². The molecule has 2 rings (SSSR count). The number of amides is 1. The number of carbonyl (C=O) groups excluding carboxylic acids is 1. The highest BCUT2D eigenvalue weighted by Crippen LogP contribution is 2.24. The molecule has 0 bridgehead atoms. The number of hydrogen-bond acceptors (Lipinski definition) is 4. The van der Waals surface area contributed by atoms with Crippen LogP contribution in [0.15, 0.2) is 18.5 Å². The van der Waals surface area contributed by atoms with Crippen LogP contribution < -0.4 is 10.6 Å². The summed E-state index contributed by atoms with van der Waals surface area (Å²) in [6.45, 7) is 0.981. The van der Waals surface area contributed by atoms with E-state index < -0.39 is 5.97 Å². The van der Waals surface area contributed by atoms with Gasteiger partial charge in [-0.1, -0.05) is 0 Å². The van der Waals surface area contributed by atoms with Crippen LogP contribution in [0.2, 0.25) is 0 Å². The second kappa shape index (κ2) is 4.50. The summed E-state index contributed by atoms with van der Waals surface area (Å²) in [5.41, 5.74) is 6.12. The summed E-state index contributed by atoms with van der Waals surface area (Å²) in [6.07, 6.45) is 3.16. The molecule has 0 saturated carbocycles. The Morgan fingerprint density at radius 1 is 1.59 bits per heavy atom. The van der Waals surface area contributed by atoms with Gasteiger partial charge in [0, 0.05) is 19.2 Å². The number of nitrogens with zero attached hydrogens (tertiary/aromatic N) is 2. The molecular formula is C11H13N3O3. The molecule has 17 heavy (non-hydrogen) atoms. The van der Waals surface area contributed by atoms with Crippen LogP contribution in [0.25, 0.3) is 0 Å². The normalized spacial score (nSPS) is 19.7. The standard InChI is InChI=1S/C11H13N3O3/c12-3-7-1-10(15)14(6-7)9-2-8(11(16)17)4-13-5-9/h2,4-5,7H,1,3,6,12H2,(H,16,17). The maximum atomic E-state index is 11.7. The van der Waals surface area contributed by atoms with E-state index in [0.29, 0.717) is 25.2 Å². The Balaban J connectivity index is 2.25. The van der Waals surface area contributed by atoms with Crippen molar-refractivity contribution < 1.29 is 14.7 Å². The number of hydrogen-bond donors (Lipinski definition) is 2. The third-order valence-electron chi connectivity index (χ3n) is 2.82. The first-order chi connectivity index (χ1) is 8.11. The molecule has 1 atom stereocenters. The van der Waals surface area contributed by atoms with Gasteiger partial charge >= 0.3 is 5.97 Å². The minimum absolute atomic E-state index is 0.0372. The zero-order valence-corrected chi connectivity index (χ0v) is 9.17. The van der Waals surface area contributed by atoms with Crippen LogP contribution in [0.4, 0.5) is 5.69 Å². The minimum Gasteiger partial charge on any atom is -0.478 e. The molecule has 1 aromatic heterocycles. The van der Waals surface area contributed by atoms with E-state index in [0.717, 1.165) is 0 Å². The highest BCUT2D eigenvalue weighted by molar-refractivity contribution is 5.97. The molecule has 0 radical (unpaired) electrons. The van der Waals surface area contributed by atoms with E-state index in [2.05, 4.69) is 4.98 Å². The Kier molecular flexibility index (Phi) is 3.06. The van der Waals surface area contributed by atoms with Gasteiger partial charge in [0.2, 0.25) is 5.91 Å². The van der Waals surface area contributed by atoms with E-state index in [-0.39, 0.29) is 17.4 Å². The molecule has 1 saturated heterocycles. The van der Waals surface area contributed by atoms with Crippen LogP contribution in [0, 0.1) is 5.92 Å². The molecule has 1 amide bonds. The number of rotatable bonds is 3. The van der Waals surface area contributed by atoms with Gasteiger partial charge < -0.3 is 15.7 Å². The maximum Gasteiger partial charge on any atom is 0.337 e. The average Bonchev–Trinajstić information content (AvgIpc) is 2.71. The third-order valence-corrected chi connectivity index (χ3v) is 2.82. The van der Waals surface area contributed by atoms with Crippen molar-refractivity contribution in [3.05, 3.63) is 24.0 Å². The fourth-order valence-electron chi connectivity index (χ4n) is 1.88. The van der Waals surface area contributed by atoms with Crippen molar-refractivity contribution in [1.82, 2.24) is 4.98 Å². The largest absolute Gasteiger partial charge is 0.478 e. The molecular weight excluding hydrogens is 222 g/mol. The molecule has 0 spiro atoms. The van der Waals surface area contributed by atoms with Gasteiger partial charge in [-0.25, -0.2) is 4.79 Å². The Hall–Kier alpha value is -1.95. The Bertz CT molecular complexity index is 461. The van der Waals surface area contributed by atoms with E-state index in [1.165, 1.54) is 23.4 Å². The molecule has 6 nitrogen and oxygen atoms in total.